The van der Waals surface area contributed by atoms with Crippen molar-refractivity contribution in [2.45, 2.75) is 19.4 Å². The summed E-state index contributed by atoms with van der Waals surface area (Å²) in [6.07, 6.45) is 1.49. The maximum Gasteiger partial charge on any atom is 0.255 e. The molecule has 0 spiro atoms. The van der Waals surface area contributed by atoms with Crippen molar-refractivity contribution in [3.63, 3.8) is 0 Å². The third-order valence-electron chi connectivity index (χ3n) is 2.23. The maximum absolute atomic E-state index is 11.9. The van der Waals surface area contributed by atoms with E-state index in [0.29, 0.717) is 0 Å². The molecule has 0 aromatic carbocycles. The summed E-state index contributed by atoms with van der Waals surface area (Å²) in [5, 5.41) is 2.50. The number of nitrogen functional groups attached to an aromatic ring is 1. The quantitative estimate of drug-likeness (QED) is 0.409. The number of carbonyl (C=O) groups is 2. The highest BCUT2D eigenvalue weighted by molar-refractivity contribution is 6.01. The summed E-state index contributed by atoms with van der Waals surface area (Å²) >= 11 is 0. The Labute approximate surface area is 98.5 Å². The summed E-state index contributed by atoms with van der Waals surface area (Å²) in [5.74, 6) is 4.35. The van der Waals surface area contributed by atoms with Crippen LogP contribution < -0.4 is 22.3 Å². The summed E-state index contributed by atoms with van der Waals surface area (Å²) < 4.78 is 0. The molecule has 0 aliphatic heterocycles. The number of aromatic nitrogens is 1. The molecule has 0 fully saturated rings. The van der Waals surface area contributed by atoms with Crippen molar-refractivity contribution in [3.8, 4) is 0 Å². The lowest BCUT2D eigenvalue weighted by atomic mass is 10.0. The molecule has 2 amide bonds. The minimum Gasteiger partial charge on any atom is -0.368 e. The van der Waals surface area contributed by atoms with Crippen molar-refractivity contribution in [1.82, 2.24) is 10.3 Å². The van der Waals surface area contributed by atoms with Gasteiger partial charge in [-0.1, -0.05) is 0 Å². The van der Waals surface area contributed by atoms with Gasteiger partial charge < -0.3 is 16.5 Å². The molecule has 0 saturated carbocycles. The molecule has 0 aliphatic rings. The van der Waals surface area contributed by atoms with Crippen LogP contribution in [0.2, 0.25) is 0 Å². The van der Waals surface area contributed by atoms with E-state index in [1.807, 2.05) is 0 Å². The number of nitrogens with two attached hydrogens (primary N) is 2. The summed E-state index contributed by atoms with van der Waals surface area (Å²) in [7, 11) is 0. The van der Waals surface area contributed by atoms with Gasteiger partial charge in [0, 0.05) is 6.20 Å². The van der Waals surface area contributed by atoms with Crippen LogP contribution in [0.25, 0.3) is 0 Å². The summed E-state index contributed by atoms with van der Waals surface area (Å²) in [6, 6.07) is 3.13. The molecule has 0 saturated heterocycles. The number of hydrogen-bond donors (Lipinski definition) is 4. The first-order valence-electron chi connectivity index (χ1n) is 4.92. The standard InChI is InChI=1S/C10H15N5O2/c1-10(2,9(11)17)14-8(16)6-4-3-5-13-7(6)15-12/h3-5H,12H2,1-2H3,(H2,11,17)(H,13,15)(H,14,16). The molecule has 1 rings (SSSR count). The van der Waals surface area contributed by atoms with Crippen LogP contribution in [0, 0.1) is 0 Å². The second-order valence-electron chi connectivity index (χ2n) is 3.99. The fourth-order valence-electron chi connectivity index (χ4n) is 1.12. The lowest BCUT2D eigenvalue weighted by Gasteiger charge is -2.22. The Balaban J connectivity index is 2.94. The molecule has 0 aliphatic carbocycles. The highest BCUT2D eigenvalue weighted by Crippen LogP contribution is 2.11. The van der Waals surface area contributed by atoms with E-state index >= 15 is 0 Å². The average molecular weight is 237 g/mol. The number of pyridine rings is 1. The number of nitrogens with zero attached hydrogens (tertiary/aromatic N) is 1. The van der Waals surface area contributed by atoms with Crippen molar-refractivity contribution < 1.29 is 9.59 Å². The summed E-state index contributed by atoms with van der Waals surface area (Å²) in [4.78, 5) is 26.9. The second-order valence-corrected chi connectivity index (χ2v) is 3.99. The van der Waals surface area contributed by atoms with Gasteiger partial charge in [-0.25, -0.2) is 10.8 Å². The van der Waals surface area contributed by atoms with E-state index in [2.05, 4.69) is 15.7 Å². The molecule has 7 heteroatoms. The molecule has 7 nitrogen and oxygen atoms in total. The zero-order valence-electron chi connectivity index (χ0n) is 9.65. The Morgan fingerprint density at radius 2 is 2.06 bits per heavy atom. The van der Waals surface area contributed by atoms with Crippen molar-refractivity contribution in [3.05, 3.63) is 23.9 Å². The highest BCUT2D eigenvalue weighted by atomic mass is 16.2. The molecular formula is C10H15N5O2. The molecule has 17 heavy (non-hydrogen) atoms. The van der Waals surface area contributed by atoms with E-state index < -0.39 is 17.4 Å². The van der Waals surface area contributed by atoms with Crippen molar-refractivity contribution >= 4 is 17.6 Å². The molecule has 1 aromatic heterocycles. The first-order chi connectivity index (χ1) is 7.88. The normalized spacial score (nSPS) is 10.8. The Bertz CT molecular complexity index is 444. The smallest absolute Gasteiger partial charge is 0.255 e. The SMILES string of the molecule is CC(C)(NC(=O)c1cccnc1NN)C(N)=O. The van der Waals surface area contributed by atoms with Crippen LogP contribution in [0.4, 0.5) is 5.82 Å². The van der Waals surface area contributed by atoms with E-state index in [1.165, 1.54) is 26.1 Å². The summed E-state index contributed by atoms with van der Waals surface area (Å²) in [5.41, 5.74) is 6.56. The summed E-state index contributed by atoms with van der Waals surface area (Å²) in [6.45, 7) is 3.03. The van der Waals surface area contributed by atoms with Crippen molar-refractivity contribution in [2.75, 3.05) is 5.43 Å². The van der Waals surface area contributed by atoms with Gasteiger partial charge in [0.05, 0.1) is 5.56 Å². The van der Waals surface area contributed by atoms with Crippen LogP contribution in [-0.2, 0) is 4.79 Å². The number of amides is 2. The number of hydrazine groups is 1. The van der Waals surface area contributed by atoms with Crippen molar-refractivity contribution in [2.24, 2.45) is 11.6 Å². The molecule has 0 atom stereocenters. The number of hydrogen-bond acceptors (Lipinski definition) is 5. The average Bonchev–Trinajstić information content (AvgIpc) is 2.28. The fraction of sp³-hybridized carbons (Fsp3) is 0.300. The topological polar surface area (TPSA) is 123 Å². The first-order valence-corrected chi connectivity index (χ1v) is 4.92. The lowest BCUT2D eigenvalue weighted by Crippen LogP contribution is -2.53. The van der Waals surface area contributed by atoms with Gasteiger partial charge >= 0.3 is 0 Å². The Morgan fingerprint density at radius 3 is 2.59 bits per heavy atom. The Morgan fingerprint density at radius 1 is 1.41 bits per heavy atom. The highest BCUT2D eigenvalue weighted by Gasteiger charge is 2.28. The number of rotatable bonds is 4. The van der Waals surface area contributed by atoms with Gasteiger partial charge in [0.2, 0.25) is 5.91 Å². The van der Waals surface area contributed by atoms with Gasteiger partial charge in [-0.15, -0.1) is 0 Å². The fourth-order valence-corrected chi connectivity index (χ4v) is 1.12. The third kappa shape index (κ3) is 2.91. The van der Waals surface area contributed by atoms with Gasteiger partial charge in [0.1, 0.15) is 5.54 Å². The zero-order chi connectivity index (χ0) is 13.1. The lowest BCUT2D eigenvalue weighted by molar-refractivity contribution is -0.122. The van der Waals surface area contributed by atoms with E-state index in [1.54, 1.807) is 6.07 Å². The maximum atomic E-state index is 11.9. The van der Waals surface area contributed by atoms with Gasteiger partial charge in [0.25, 0.3) is 5.91 Å². The number of primary amides is 1. The van der Waals surface area contributed by atoms with E-state index in [9.17, 15) is 9.59 Å². The van der Waals surface area contributed by atoms with E-state index in [4.69, 9.17) is 11.6 Å². The number of carbonyl (C=O) groups excluding carboxylic acids is 2. The van der Waals surface area contributed by atoms with E-state index in [0.717, 1.165) is 0 Å². The predicted molar refractivity (Wildman–Crippen MR) is 62.8 cm³/mol. The molecule has 6 N–H and O–H groups in total. The number of nitrogens with one attached hydrogen (secondary N) is 2. The Kier molecular flexibility index (Phi) is 3.64. The molecular weight excluding hydrogens is 222 g/mol. The molecule has 1 heterocycles. The Hall–Kier alpha value is -2.15. The van der Waals surface area contributed by atoms with Crippen LogP contribution in [-0.4, -0.2) is 22.3 Å². The molecule has 0 radical (unpaired) electrons. The number of anilines is 1. The molecule has 1 aromatic rings. The first kappa shape index (κ1) is 12.9. The molecule has 0 unspecified atom stereocenters. The van der Waals surface area contributed by atoms with E-state index in [-0.39, 0.29) is 11.4 Å². The van der Waals surface area contributed by atoms with Crippen LogP contribution in [0.15, 0.2) is 18.3 Å². The predicted octanol–water partition coefficient (Wildman–Crippen LogP) is -0.639. The van der Waals surface area contributed by atoms with Gasteiger partial charge in [0.15, 0.2) is 5.82 Å². The molecule has 92 valence electrons. The van der Waals surface area contributed by atoms with Crippen LogP contribution >= 0.6 is 0 Å². The third-order valence-corrected chi connectivity index (χ3v) is 2.23. The monoisotopic (exact) mass is 237 g/mol. The zero-order valence-corrected chi connectivity index (χ0v) is 9.65. The molecule has 0 bridgehead atoms. The van der Waals surface area contributed by atoms with Gasteiger partial charge in [-0.05, 0) is 26.0 Å². The van der Waals surface area contributed by atoms with Crippen LogP contribution in [0.3, 0.4) is 0 Å². The van der Waals surface area contributed by atoms with Crippen LogP contribution in [0.5, 0.6) is 0 Å². The minimum absolute atomic E-state index is 0.227. The minimum atomic E-state index is -1.14. The second kappa shape index (κ2) is 4.79. The van der Waals surface area contributed by atoms with Gasteiger partial charge in [-0.3, -0.25) is 9.59 Å². The largest absolute Gasteiger partial charge is 0.368 e. The van der Waals surface area contributed by atoms with Crippen molar-refractivity contribution in [1.29, 1.82) is 0 Å². The van der Waals surface area contributed by atoms with Crippen LogP contribution in [0.1, 0.15) is 24.2 Å². The van der Waals surface area contributed by atoms with Gasteiger partial charge in [-0.2, -0.15) is 0 Å².